The van der Waals surface area contributed by atoms with Gasteiger partial charge in [-0.1, -0.05) is 41.5 Å². The van der Waals surface area contributed by atoms with Crippen LogP contribution in [0.1, 0.15) is 63.0 Å². The molecule has 0 fully saturated rings. The van der Waals surface area contributed by atoms with Gasteiger partial charge < -0.3 is 15.2 Å². The zero-order chi connectivity index (χ0) is 19.7. The molecule has 2 aromatic carbocycles. The third-order valence-corrected chi connectivity index (χ3v) is 4.34. The van der Waals surface area contributed by atoms with Crippen molar-refractivity contribution in [1.29, 1.82) is 0 Å². The van der Waals surface area contributed by atoms with Crippen molar-refractivity contribution in [3.63, 3.8) is 0 Å². The molecule has 2 rings (SSSR count). The largest absolute Gasteiger partial charge is 0.507 e. The van der Waals surface area contributed by atoms with Crippen LogP contribution in [0, 0.1) is 0 Å². The van der Waals surface area contributed by atoms with E-state index in [1.54, 1.807) is 43.5 Å². The lowest BCUT2D eigenvalue weighted by Crippen LogP contribution is -2.20. The Kier molecular flexibility index (Phi) is 5.36. The third-order valence-electron chi connectivity index (χ3n) is 4.34. The summed E-state index contributed by atoms with van der Waals surface area (Å²) in [4.78, 5) is 12.8. The topological polar surface area (TPSA) is 58.6 Å². The van der Waals surface area contributed by atoms with Crippen LogP contribution in [-0.2, 0) is 10.8 Å². The molecule has 0 bridgehead atoms. The van der Waals surface area contributed by atoms with Crippen molar-refractivity contribution in [3.8, 4) is 11.5 Å². The van der Waals surface area contributed by atoms with E-state index in [-0.39, 0.29) is 22.5 Å². The molecule has 0 saturated carbocycles. The Balaban J connectivity index is 2.45. The van der Waals surface area contributed by atoms with Crippen molar-refractivity contribution in [1.82, 2.24) is 0 Å². The van der Waals surface area contributed by atoms with Gasteiger partial charge in [0.15, 0.2) is 0 Å². The van der Waals surface area contributed by atoms with Gasteiger partial charge in [-0.3, -0.25) is 4.79 Å². The van der Waals surface area contributed by atoms with Gasteiger partial charge >= 0.3 is 0 Å². The average molecular weight is 355 g/mol. The first-order chi connectivity index (χ1) is 11.9. The van der Waals surface area contributed by atoms with Gasteiger partial charge in [-0.05, 0) is 47.2 Å². The van der Waals surface area contributed by atoms with Gasteiger partial charge in [0.2, 0.25) is 0 Å². The molecule has 1 amide bonds. The molecular weight excluding hydrogens is 326 g/mol. The minimum absolute atomic E-state index is 0.203. The smallest absolute Gasteiger partial charge is 0.255 e. The number of hydrogen-bond donors (Lipinski definition) is 2. The Morgan fingerprint density at radius 3 is 1.77 bits per heavy atom. The highest BCUT2D eigenvalue weighted by molar-refractivity contribution is 6.04. The molecule has 0 radical (unpaired) electrons. The first-order valence-corrected chi connectivity index (χ1v) is 8.77. The number of hydrogen-bond acceptors (Lipinski definition) is 3. The van der Waals surface area contributed by atoms with Crippen molar-refractivity contribution in [3.05, 3.63) is 53.1 Å². The fourth-order valence-electron chi connectivity index (χ4n) is 2.79. The Labute approximate surface area is 156 Å². The summed E-state index contributed by atoms with van der Waals surface area (Å²) in [6.45, 7) is 12.2. The summed E-state index contributed by atoms with van der Waals surface area (Å²) in [6, 6.07) is 10.8. The molecule has 2 aromatic rings. The molecule has 0 heterocycles. The zero-order valence-corrected chi connectivity index (χ0v) is 16.7. The second-order valence-corrected chi connectivity index (χ2v) is 8.60. The number of ether oxygens (including phenoxy) is 1. The molecule has 0 atom stereocenters. The average Bonchev–Trinajstić information content (AvgIpc) is 2.53. The van der Waals surface area contributed by atoms with Crippen molar-refractivity contribution >= 4 is 11.6 Å². The molecular formula is C22H29NO3. The molecule has 0 aliphatic carbocycles. The summed E-state index contributed by atoms with van der Waals surface area (Å²) in [5.74, 6) is 0.801. The summed E-state index contributed by atoms with van der Waals surface area (Å²) < 4.78 is 5.14. The number of nitrogens with one attached hydrogen (secondary N) is 1. The number of benzene rings is 2. The number of anilines is 1. The lowest BCUT2D eigenvalue weighted by atomic mass is 9.78. The number of carbonyl (C=O) groups excluding carboxylic acids is 1. The molecule has 4 heteroatoms. The molecule has 0 saturated heterocycles. The van der Waals surface area contributed by atoms with Crippen LogP contribution in [0.3, 0.4) is 0 Å². The van der Waals surface area contributed by atoms with E-state index in [1.165, 1.54) is 0 Å². The maximum Gasteiger partial charge on any atom is 0.255 e. The molecule has 4 nitrogen and oxygen atoms in total. The van der Waals surface area contributed by atoms with Gasteiger partial charge in [-0.2, -0.15) is 0 Å². The maximum atomic E-state index is 12.8. The SMILES string of the molecule is COc1ccc(NC(=O)c2cc(C(C)(C)C)c(O)c(C(C)(C)C)c2)cc1. The standard InChI is InChI=1S/C22H29NO3/c1-21(2,3)17-12-14(13-18(19(17)24)22(4,5)6)20(25)23-15-8-10-16(26-7)11-9-15/h8-13,24H,1-7H3,(H,23,25). The van der Waals surface area contributed by atoms with Crippen molar-refractivity contribution in [2.75, 3.05) is 12.4 Å². The Morgan fingerprint density at radius 1 is 0.923 bits per heavy atom. The molecule has 140 valence electrons. The lowest BCUT2D eigenvalue weighted by Gasteiger charge is -2.28. The second kappa shape index (κ2) is 7.02. The normalized spacial score (nSPS) is 12.0. The maximum absolute atomic E-state index is 12.8. The van der Waals surface area contributed by atoms with E-state index in [0.29, 0.717) is 11.3 Å². The predicted octanol–water partition coefficient (Wildman–Crippen LogP) is 5.25. The summed E-state index contributed by atoms with van der Waals surface area (Å²) >= 11 is 0. The van der Waals surface area contributed by atoms with Crippen molar-refractivity contribution in [2.45, 2.75) is 52.4 Å². The van der Waals surface area contributed by atoms with E-state index in [9.17, 15) is 9.90 Å². The molecule has 0 unspecified atom stereocenters. The van der Waals surface area contributed by atoms with Gasteiger partial charge in [0.1, 0.15) is 11.5 Å². The fraction of sp³-hybridized carbons (Fsp3) is 0.409. The second-order valence-electron chi connectivity index (χ2n) is 8.60. The first kappa shape index (κ1) is 19.8. The number of phenols is 1. The number of rotatable bonds is 3. The fourth-order valence-corrected chi connectivity index (χ4v) is 2.79. The predicted molar refractivity (Wildman–Crippen MR) is 106 cm³/mol. The van der Waals surface area contributed by atoms with E-state index in [0.717, 1.165) is 16.9 Å². The summed E-state index contributed by atoms with van der Waals surface area (Å²) in [5, 5.41) is 13.7. The lowest BCUT2D eigenvalue weighted by molar-refractivity contribution is 0.102. The quantitative estimate of drug-likeness (QED) is 0.791. The molecule has 0 aliphatic rings. The van der Waals surface area contributed by atoms with Crippen LogP contribution in [0.15, 0.2) is 36.4 Å². The van der Waals surface area contributed by atoms with Gasteiger partial charge in [0, 0.05) is 22.4 Å². The summed E-state index contributed by atoms with van der Waals surface area (Å²) in [6.07, 6.45) is 0. The van der Waals surface area contributed by atoms with Crippen LogP contribution in [0.2, 0.25) is 0 Å². The number of phenolic OH excluding ortho intramolecular Hbond substituents is 1. The van der Waals surface area contributed by atoms with E-state index in [4.69, 9.17) is 4.74 Å². The van der Waals surface area contributed by atoms with Crippen LogP contribution in [-0.4, -0.2) is 18.1 Å². The first-order valence-electron chi connectivity index (χ1n) is 8.77. The monoisotopic (exact) mass is 355 g/mol. The zero-order valence-electron chi connectivity index (χ0n) is 16.7. The molecule has 0 aliphatic heterocycles. The number of methoxy groups -OCH3 is 1. The van der Waals surface area contributed by atoms with E-state index >= 15 is 0 Å². The van der Waals surface area contributed by atoms with E-state index in [1.807, 2.05) is 41.5 Å². The van der Waals surface area contributed by atoms with Crippen LogP contribution in [0.5, 0.6) is 11.5 Å². The van der Waals surface area contributed by atoms with E-state index in [2.05, 4.69) is 5.32 Å². The van der Waals surface area contributed by atoms with Crippen LogP contribution < -0.4 is 10.1 Å². The molecule has 0 aromatic heterocycles. The highest BCUT2D eigenvalue weighted by Crippen LogP contribution is 2.39. The van der Waals surface area contributed by atoms with Gasteiger partial charge in [0.05, 0.1) is 7.11 Å². The Morgan fingerprint density at radius 2 is 1.38 bits per heavy atom. The minimum Gasteiger partial charge on any atom is -0.507 e. The molecule has 26 heavy (non-hydrogen) atoms. The van der Waals surface area contributed by atoms with Crippen molar-refractivity contribution in [2.24, 2.45) is 0 Å². The van der Waals surface area contributed by atoms with Crippen LogP contribution in [0.25, 0.3) is 0 Å². The van der Waals surface area contributed by atoms with Crippen LogP contribution >= 0.6 is 0 Å². The Hall–Kier alpha value is -2.49. The van der Waals surface area contributed by atoms with Gasteiger partial charge in [-0.15, -0.1) is 0 Å². The summed E-state index contributed by atoms with van der Waals surface area (Å²) in [5.41, 5.74) is 2.21. The number of amides is 1. The Bertz CT molecular complexity index is 759. The highest BCUT2D eigenvalue weighted by Gasteiger charge is 2.27. The van der Waals surface area contributed by atoms with E-state index < -0.39 is 0 Å². The summed E-state index contributed by atoms with van der Waals surface area (Å²) in [7, 11) is 1.60. The third kappa shape index (κ3) is 4.37. The molecule has 2 N–H and O–H groups in total. The van der Waals surface area contributed by atoms with Gasteiger partial charge in [0.25, 0.3) is 5.91 Å². The number of carbonyl (C=O) groups is 1. The highest BCUT2D eigenvalue weighted by atomic mass is 16.5. The van der Waals surface area contributed by atoms with Crippen molar-refractivity contribution < 1.29 is 14.6 Å². The number of aromatic hydroxyl groups is 1. The molecule has 0 spiro atoms. The minimum atomic E-state index is -0.277. The van der Waals surface area contributed by atoms with Crippen LogP contribution in [0.4, 0.5) is 5.69 Å². The van der Waals surface area contributed by atoms with Gasteiger partial charge in [-0.25, -0.2) is 0 Å².